The summed E-state index contributed by atoms with van der Waals surface area (Å²) < 4.78 is 10.9. The minimum absolute atomic E-state index is 0.111. The minimum atomic E-state index is -0.628. The Morgan fingerprint density at radius 2 is 1.92 bits per heavy atom. The third-order valence-corrected chi connectivity index (χ3v) is 3.45. The molecule has 0 saturated carbocycles. The Morgan fingerprint density at radius 3 is 2.62 bits per heavy atom. The average Bonchev–Trinajstić information content (AvgIpc) is 3.10. The number of primary amides is 1. The van der Waals surface area contributed by atoms with Crippen LogP contribution in [0.15, 0.2) is 48.5 Å². The van der Waals surface area contributed by atoms with Gasteiger partial charge in [0, 0.05) is 5.56 Å². The summed E-state index contributed by atoms with van der Waals surface area (Å²) in [5, 5.41) is 10.1. The van der Waals surface area contributed by atoms with Crippen LogP contribution in [0.25, 0.3) is 11.3 Å². The molecular weight excluding hydrogens is 308 g/mol. The largest absolute Gasteiger partial charge is 0.497 e. The molecule has 0 aliphatic carbocycles. The number of hydrogen-bond donors (Lipinski definition) is 2. The lowest BCUT2D eigenvalue weighted by Crippen LogP contribution is -2.12. The summed E-state index contributed by atoms with van der Waals surface area (Å²) >= 11 is 0. The van der Waals surface area contributed by atoms with Gasteiger partial charge in [0.05, 0.1) is 7.11 Å². The molecule has 0 aliphatic rings. The number of methoxy groups -OCH3 is 1. The molecule has 3 rings (SSSR count). The Hall–Kier alpha value is -3.35. The summed E-state index contributed by atoms with van der Waals surface area (Å²) in [6.45, 7) is 0.424. The lowest BCUT2D eigenvalue weighted by atomic mass is 10.1. The standard InChI is InChI=1S/C17H16N4O3/c1-23-14-4-2-3-11(9-14)10-24-13-7-5-12(6-8-13)15-16(17(18)22)20-21-19-15/h2-9H,10H2,1H3,(H2,18,22)(H,19,20,21). The number of nitrogens with zero attached hydrogens (tertiary/aromatic N) is 2. The molecule has 7 heteroatoms. The monoisotopic (exact) mass is 324 g/mol. The molecule has 0 aliphatic heterocycles. The highest BCUT2D eigenvalue weighted by Crippen LogP contribution is 2.23. The fourth-order valence-corrected chi connectivity index (χ4v) is 2.24. The second kappa shape index (κ2) is 6.82. The van der Waals surface area contributed by atoms with Crippen LogP contribution in [0.4, 0.5) is 0 Å². The molecule has 3 N–H and O–H groups in total. The van der Waals surface area contributed by atoms with E-state index in [1.165, 1.54) is 0 Å². The zero-order valence-electron chi connectivity index (χ0n) is 13.0. The highest BCUT2D eigenvalue weighted by Gasteiger charge is 2.14. The molecule has 2 aromatic carbocycles. The first-order valence-electron chi connectivity index (χ1n) is 7.24. The molecule has 7 nitrogen and oxygen atoms in total. The Bertz CT molecular complexity index is 843. The summed E-state index contributed by atoms with van der Waals surface area (Å²) in [7, 11) is 1.63. The van der Waals surface area contributed by atoms with Crippen molar-refractivity contribution in [2.24, 2.45) is 5.73 Å². The SMILES string of the molecule is COc1cccc(COc2ccc(-c3n[nH]nc3C(N)=O)cc2)c1. The Morgan fingerprint density at radius 1 is 1.12 bits per heavy atom. The van der Waals surface area contributed by atoms with E-state index in [0.29, 0.717) is 18.1 Å². The van der Waals surface area contributed by atoms with E-state index in [9.17, 15) is 4.79 Å². The van der Waals surface area contributed by atoms with Gasteiger partial charge in [0.25, 0.3) is 5.91 Å². The average molecular weight is 324 g/mol. The first kappa shape index (κ1) is 15.5. The number of carbonyl (C=O) groups is 1. The zero-order valence-corrected chi connectivity index (χ0v) is 13.0. The van der Waals surface area contributed by atoms with Crippen LogP contribution in [0.1, 0.15) is 16.1 Å². The normalized spacial score (nSPS) is 10.4. The number of amides is 1. The Balaban J connectivity index is 1.70. The molecule has 1 heterocycles. The molecule has 0 radical (unpaired) electrons. The Kier molecular flexibility index (Phi) is 4.42. The highest BCUT2D eigenvalue weighted by molar-refractivity contribution is 5.96. The number of rotatable bonds is 6. The molecule has 0 spiro atoms. The first-order valence-corrected chi connectivity index (χ1v) is 7.24. The van der Waals surface area contributed by atoms with E-state index in [-0.39, 0.29) is 5.69 Å². The number of ether oxygens (including phenoxy) is 2. The van der Waals surface area contributed by atoms with Crippen molar-refractivity contribution in [3.63, 3.8) is 0 Å². The minimum Gasteiger partial charge on any atom is -0.497 e. The van der Waals surface area contributed by atoms with Crippen LogP contribution in [0.2, 0.25) is 0 Å². The van der Waals surface area contributed by atoms with Crippen LogP contribution < -0.4 is 15.2 Å². The topological polar surface area (TPSA) is 103 Å². The third-order valence-electron chi connectivity index (χ3n) is 3.45. The number of aromatic amines is 1. The second-order valence-electron chi connectivity index (χ2n) is 5.05. The van der Waals surface area contributed by atoms with Crippen molar-refractivity contribution in [3.05, 3.63) is 59.8 Å². The van der Waals surface area contributed by atoms with Gasteiger partial charge >= 0.3 is 0 Å². The number of aromatic nitrogens is 3. The molecular formula is C17H16N4O3. The van der Waals surface area contributed by atoms with E-state index in [4.69, 9.17) is 15.2 Å². The number of nitrogens with two attached hydrogens (primary N) is 1. The van der Waals surface area contributed by atoms with Crippen LogP contribution in [0.5, 0.6) is 11.5 Å². The summed E-state index contributed by atoms with van der Waals surface area (Å²) in [5.41, 5.74) is 7.53. The van der Waals surface area contributed by atoms with Gasteiger partial charge in [-0.05, 0) is 42.0 Å². The Labute approximate surface area is 138 Å². The molecule has 0 bridgehead atoms. The smallest absolute Gasteiger partial charge is 0.271 e. The van der Waals surface area contributed by atoms with Crippen molar-refractivity contribution in [1.82, 2.24) is 15.4 Å². The summed E-state index contributed by atoms with van der Waals surface area (Å²) in [5.74, 6) is 0.860. The van der Waals surface area contributed by atoms with Crippen LogP contribution in [-0.4, -0.2) is 28.4 Å². The second-order valence-corrected chi connectivity index (χ2v) is 5.05. The maximum absolute atomic E-state index is 11.3. The fraction of sp³-hybridized carbons (Fsp3) is 0.118. The van der Waals surface area contributed by atoms with Gasteiger partial charge in [0.15, 0.2) is 5.69 Å². The number of nitrogens with one attached hydrogen (secondary N) is 1. The molecule has 0 atom stereocenters. The van der Waals surface area contributed by atoms with Crippen molar-refractivity contribution < 1.29 is 14.3 Å². The van der Waals surface area contributed by atoms with Crippen LogP contribution in [0, 0.1) is 0 Å². The number of hydrogen-bond acceptors (Lipinski definition) is 5. The van der Waals surface area contributed by atoms with Crippen molar-refractivity contribution in [2.45, 2.75) is 6.61 Å². The molecule has 0 saturated heterocycles. The van der Waals surface area contributed by atoms with E-state index in [1.807, 2.05) is 24.3 Å². The summed E-state index contributed by atoms with van der Waals surface area (Å²) in [4.78, 5) is 11.3. The molecule has 0 unspecified atom stereocenters. The van der Waals surface area contributed by atoms with Gasteiger partial charge in [0.2, 0.25) is 0 Å². The van der Waals surface area contributed by atoms with Crippen molar-refractivity contribution >= 4 is 5.91 Å². The van der Waals surface area contributed by atoms with Crippen LogP contribution in [-0.2, 0) is 6.61 Å². The summed E-state index contributed by atoms with van der Waals surface area (Å²) in [6, 6.07) is 14.9. The number of H-pyrrole nitrogens is 1. The molecule has 24 heavy (non-hydrogen) atoms. The van der Waals surface area contributed by atoms with Crippen LogP contribution in [0.3, 0.4) is 0 Å². The molecule has 0 fully saturated rings. The van der Waals surface area contributed by atoms with Crippen LogP contribution >= 0.6 is 0 Å². The number of carbonyl (C=O) groups excluding carboxylic acids is 1. The lowest BCUT2D eigenvalue weighted by molar-refractivity contribution is 0.0996. The van der Waals surface area contributed by atoms with E-state index in [2.05, 4.69) is 15.4 Å². The first-order chi connectivity index (χ1) is 11.7. The van der Waals surface area contributed by atoms with Crippen molar-refractivity contribution in [3.8, 4) is 22.8 Å². The predicted octanol–water partition coefficient (Wildman–Crippen LogP) is 2.16. The van der Waals surface area contributed by atoms with Gasteiger partial charge in [-0.15, -0.1) is 0 Å². The maximum atomic E-state index is 11.3. The van der Waals surface area contributed by atoms with Gasteiger partial charge < -0.3 is 15.2 Å². The molecule has 1 amide bonds. The molecule has 122 valence electrons. The van der Waals surface area contributed by atoms with E-state index in [1.54, 1.807) is 31.4 Å². The van der Waals surface area contributed by atoms with Crippen molar-refractivity contribution in [1.29, 1.82) is 0 Å². The van der Waals surface area contributed by atoms with Gasteiger partial charge in [-0.2, -0.15) is 15.4 Å². The lowest BCUT2D eigenvalue weighted by Gasteiger charge is -2.08. The maximum Gasteiger partial charge on any atom is 0.271 e. The van der Waals surface area contributed by atoms with Gasteiger partial charge in [-0.3, -0.25) is 4.79 Å². The third kappa shape index (κ3) is 3.35. The summed E-state index contributed by atoms with van der Waals surface area (Å²) in [6.07, 6.45) is 0. The molecule has 1 aromatic heterocycles. The predicted molar refractivity (Wildman–Crippen MR) is 87.7 cm³/mol. The van der Waals surface area contributed by atoms with E-state index < -0.39 is 5.91 Å². The van der Waals surface area contributed by atoms with E-state index >= 15 is 0 Å². The van der Waals surface area contributed by atoms with Gasteiger partial charge in [-0.25, -0.2) is 0 Å². The van der Waals surface area contributed by atoms with Gasteiger partial charge in [0.1, 0.15) is 23.8 Å². The van der Waals surface area contributed by atoms with E-state index in [0.717, 1.165) is 16.9 Å². The molecule has 3 aromatic rings. The highest BCUT2D eigenvalue weighted by atomic mass is 16.5. The van der Waals surface area contributed by atoms with Gasteiger partial charge in [-0.1, -0.05) is 12.1 Å². The number of benzene rings is 2. The quantitative estimate of drug-likeness (QED) is 0.723. The van der Waals surface area contributed by atoms with Crippen molar-refractivity contribution in [2.75, 3.05) is 7.11 Å². The zero-order chi connectivity index (χ0) is 16.9. The fourth-order valence-electron chi connectivity index (χ4n) is 2.24.